The Balaban J connectivity index is 1.67. The largest absolute Gasteiger partial charge is 0.359 e. The third-order valence-electron chi connectivity index (χ3n) is 4.41. The van der Waals surface area contributed by atoms with Crippen LogP contribution in [0, 0.1) is 0 Å². The van der Waals surface area contributed by atoms with E-state index in [0.29, 0.717) is 31.5 Å². The lowest BCUT2D eigenvalue weighted by Crippen LogP contribution is -2.55. The van der Waals surface area contributed by atoms with Crippen LogP contribution in [0.2, 0.25) is 0 Å². The van der Waals surface area contributed by atoms with Crippen LogP contribution in [-0.4, -0.2) is 57.9 Å². The van der Waals surface area contributed by atoms with Gasteiger partial charge in [-0.15, -0.1) is 0 Å². The van der Waals surface area contributed by atoms with Crippen molar-refractivity contribution in [2.75, 3.05) is 31.1 Å². The summed E-state index contributed by atoms with van der Waals surface area (Å²) < 4.78 is 7.05. The molecule has 27 heavy (non-hydrogen) atoms. The van der Waals surface area contributed by atoms with Crippen LogP contribution in [0.1, 0.15) is 38.1 Å². The van der Waals surface area contributed by atoms with Gasteiger partial charge in [-0.25, -0.2) is 4.99 Å². The van der Waals surface area contributed by atoms with Gasteiger partial charge in [0.25, 0.3) is 0 Å². The van der Waals surface area contributed by atoms with Crippen LogP contribution in [0.5, 0.6) is 0 Å². The zero-order valence-electron chi connectivity index (χ0n) is 16.3. The number of anilines is 1. The number of rotatable bonds is 5. The molecule has 9 nitrogen and oxygen atoms in total. The molecule has 3 heterocycles. The summed E-state index contributed by atoms with van der Waals surface area (Å²) in [5.74, 6) is 1.77. The molecule has 0 bridgehead atoms. The molecule has 9 heteroatoms. The van der Waals surface area contributed by atoms with Crippen molar-refractivity contribution in [2.45, 2.75) is 33.2 Å². The molecule has 0 unspecified atom stereocenters. The van der Waals surface area contributed by atoms with Gasteiger partial charge in [0.2, 0.25) is 5.91 Å². The topological polar surface area (TPSA) is 91.8 Å². The summed E-state index contributed by atoms with van der Waals surface area (Å²) in [6.07, 6.45) is 3.56. The molecule has 0 radical (unpaired) electrons. The molecule has 2 aromatic heterocycles. The Labute approximate surface area is 159 Å². The van der Waals surface area contributed by atoms with E-state index in [0.717, 1.165) is 23.7 Å². The fourth-order valence-corrected chi connectivity index (χ4v) is 2.93. The van der Waals surface area contributed by atoms with Gasteiger partial charge in [0.1, 0.15) is 13.1 Å². The molecule has 1 amide bonds. The normalized spacial score (nSPS) is 15.7. The molecule has 0 spiro atoms. The minimum absolute atomic E-state index is 0.0293. The maximum atomic E-state index is 12.6. The van der Waals surface area contributed by atoms with E-state index >= 15 is 0 Å². The Morgan fingerprint density at radius 1 is 1.41 bits per heavy atom. The number of aromatic nitrogens is 3. The van der Waals surface area contributed by atoms with Crippen molar-refractivity contribution < 1.29 is 9.32 Å². The summed E-state index contributed by atoms with van der Waals surface area (Å²) >= 11 is 0. The van der Waals surface area contributed by atoms with E-state index in [1.54, 1.807) is 15.8 Å². The smallest absolute Gasteiger partial charge is 0.246 e. The van der Waals surface area contributed by atoms with Gasteiger partial charge in [-0.05, 0) is 12.8 Å². The molecule has 2 aromatic rings. The summed E-state index contributed by atoms with van der Waals surface area (Å²) in [6.45, 7) is 8.82. The van der Waals surface area contributed by atoms with Gasteiger partial charge in [-0.3, -0.25) is 9.48 Å². The second-order valence-electron chi connectivity index (χ2n) is 6.88. The average Bonchev–Trinajstić information content (AvgIpc) is 3.27. The van der Waals surface area contributed by atoms with Crippen molar-refractivity contribution in [3.8, 4) is 0 Å². The number of amides is 1. The van der Waals surface area contributed by atoms with Crippen molar-refractivity contribution in [3.63, 3.8) is 0 Å². The number of nitrogens with zero attached hydrogens (tertiary/aromatic N) is 6. The minimum atomic E-state index is 0.0293. The third-order valence-corrected chi connectivity index (χ3v) is 4.41. The lowest BCUT2D eigenvalue weighted by Gasteiger charge is -2.35. The van der Waals surface area contributed by atoms with Gasteiger partial charge in [-0.1, -0.05) is 19.0 Å². The van der Waals surface area contributed by atoms with Gasteiger partial charge in [0, 0.05) is 38.9 Å². The Bertz CT molecular complexity index is 808. The summed E-state index contributed by atoms with van der Waals surface area (Å²) in [5, 5.41) is 11.5. The standard InChI is InChI=1S/C18H27N7O2/c1-5-19-18(20-10-15-8-16(13(2)3)22-27-15)24-6-7-25(17(26)12-24)14-9-21-23(4)11-14/h8-9,11,13H,5-7,10,12H2,1-4H3,(H,19,20). The number of nitrogens with one attached hydrogen (secondary N) is 1. The maximum Gasteiger partial charge on any atom is 0.246 e. The summed E-state index contributed by atoms with van der Waals surface area (Å²) in [4.78, 5) is 21.0. The van der Waals surface area contributed by atoms with E-state index in [-0.39, 0.29) is 12.5 Å². The predicted molar refractivity (Wildman–Crippen MR) is 103 cm³/mol. The molecule has 3 rings (SSSR count). The highest BCUT2D eigenvalue weighted by atomic mass is 16.5. The number of carbonyl (C=O) groups excluding carboxylic acids is 1. The first-order chi connectivity index (χ1) is 13.0. The van der Waals surface area contributed by atoms with Gasteiger partial charge in [-0.2, -0.15) is 5.10 Å². The van der Waals surface area contributed by atoms with Crippen molar-refractivity contribution in [1.29, 1.82) is 0 Å². The minimum Gasteiger partial charge on any atom is -0.359 e. The number of piperazine rings is 1. The Kier molecular flexibility index (Phi) is 5.78. The highest BCUT2D eigenvalue weighted by molar-refractivity contribution is 5.98. The van der Waals surface area contributed by atoms with E-state index in [9.17, 15) is 4.79 Å². The SMILES string of the molecule is CCNC(=NCc1cc(C(C)C)no1)N1CCN(c2cnn(C)c2)C(=O)C1. The van der Waals surface area contributed by atoms with Gasteiger partial charge < -0.3 is 19.6 Å². The summed E-state index contributed by atoms with van der Waals surface area (Å²) in [6, 6.07) is 1.93. The third kappa shape index (κ3) is 4.47. The molecule has 1 aliphatic rings. The number of hydrogen-bond acceptors (Lipinski definition) is 5. The number of aryl methyl sites for hydroxylation is 1. The molecule has 0 aromatic carbocycles. The highest BCUT2D eigenvalue weighted by Gasteiger charge is 2.27. The van der Waals surface area contributed by atoms with Crippen molar-refractivity contribution in [1.82, 2.24) is 25.2 Å². The first-order valence-corrected chi connectivity index (χ1v) is 9.25. The van der Waals surface area contributed by atoms with Crippen LogP contribution in [0.4, 0.5) is 5.69 Å². The zero-order chi connectivity index (χ0) is 19.4. The lowest BCUT2D eigenvalue weighted by atomic mass is 10.1. The first kappa shape index (κ1) is 18.9. The van der Waals surface area contributed by atoms with Gasteiger partial charge >= 0.3 is 0 Å². The molecule has 1 N–H and O–H groups in total. The van der Waals surface area contributed by atoms with E-state index in [1.807, 2.05) is 31.1 Å². The van der Waals surface area contributed by atoms with E-state index < -0.39 is 0 Å². The van der Waals surface area contributed by atoms with Gasteiger partial charge in [0.15, 0.2) is 11.7 Å². The molecular formula is C18H27N7O2. The second kappa shape index (κ2) is 8.24. The van der Waals surface area contributed by atoms with Gasteiger partial charge in [0.05, 0.1) is 17.6 Å². The second-order valence-corrected chi connectivity index (χ2v) is 6.88. The van der Waals surface area contributed by atoms with E-state index in [2.05, 4.69) is 34.4 Å². The Morgan fingerprint density at radius 3 is 2.81 bits per heavy atom. The van der Waals surface area contributed by atoms with Crippen molar-refractivity contribution in [2.24, 2.45) is 12.0 Å². The van der Waals surface area contributed by atoms with E-state index in [1.165, 1.54) is 0 Å². The van der Waals surface area contributed by atoms with Crippen molar-refractivity contribution in [3.05, 3.63) is 29.9 Å². The number of aliphatic imine (C=N–C) groups is 1. The number of hydrogen-bond donors (Lipinski definition) is 1. The number of guanidine groups is 1. The van der Waals surface area contributed by atoms with Crippen LogP contribution in [0.25, 0.3) is 0 Å². The van der Waals surface area contributed by atoms with Crippen LogP contribution < -0.4 is 10.2 Å². The van der Waals surface area contributed by atoms with Crippen LogP contribution in [-0.2, 0) is 18.4 Å². The fourth-order valence-electron chi connectivity index (χ4n) is 2.93. The molecule has 1 saturated heterocycles. The number of carbonyl (C=O) groups is 1. The Hall–Kier alpha value is -2.84. The summed E-state index contributed by atoms with van der Waals surface area (Å²) in [5.41, 5.74) is 1.75. The summed E-state index contributed by atoms with van der Waals surface area (Å²) in [7, 11) is 1.84. The van der Waals surface area contributed by atoms with Crippen molar-refractivity contribution >= 4 is 17.6 Å². The maximum absolute atomic E-state index is 12.6. The van der Waals surface area contributed by atoms with Crippen LogP contribution >= 0.6 is 0 Å². The first-order valence-electron chi connectivity index (χ1n) is 9.25. The van der Waals surface area contributed by atoms with E-state index in [4.69, 9.17) is 4.52 Å². The highest BCUT2D eigenvalue weighted by Crippen LogP contribution is 2.17. The van der Waals surface area contributed by atoms with Crippen LogP contribution in [0.15, 0.2) is 28.0 Å². The molecule has 0 aliphatic carbocycles. The monoisotopic (exact) mass is 373 g/mol. The molecular weight excluding hydrogens is 346 g/mol. The predicted octanol–water partition coefficient (Wildman–Crippen LogP) is 1.35. The molecule has 0 atom stereocenters. The quantitative estimate of drug-likeness (QED) is 0.628. The zero-order valence-corrected chi connectivity index (χ0v) is 16.3. The molecule has 0 saturated carbocycles. The Morgan fingerprint density at radius 2 is 2.22 bits per heavy atom. The molecule has 1 aliphatic heterocycles. The average molecular weight is 373 g/mol. The lowest BCUT2D eigenvalue weighted by molar-refractivity contribution is -0.120. The molecule has 146 valence electrons. The fraction of sp³-hybridized carbons (Fsp3) is 0.556. The molecule has 1 fully saturated rings. The van der Waals surface area contributed by atoms with Crippen LogP contribution in [0.3, 0.4) is 0 Å².